The Bertz CT molecular complexity index is 758. The molecule has 22 heavy (non-hydrogen) atoms. The summed E-state index contributed by atoms with van der Waals surface area (Å²) in [4.78, 5) is 24.0. The van der Waals surface area contributed by atoms with E-state index in [1.165, 1.54) is 4.68 Å². The first kappa shape index (κ1) is 14.5. The standard InChI is InChI=1S/C15H15F2N3O2/c1-9-2-4-10(5-3-9)20-12(21)8-11(19-20)13(22)18-15(6-7-15)14(16)17/h2-5,8,14,19H,6-7H2,1H3,(H,18,22). The lowest BCUT2D eigenvalue weighted by Gasteiger charge is -2.15. The molecule has 0 unspecified atom stereocenters. The highest BCUT2D eigenvalue weighted by Crippen LogP contribution is 2.41. The maximum atomic E-state index is 12.8. The number of halogens is 2. The molecular formula is C15H15F2N3O2. The largest absolute Gasteiger partial charge is 0.340 e. The highest BCUT2D eigenvalue weighted by Gasteiger charge is 2.52. The number of rotatable bonds is 4. The summed E-state index contributed by atoms with van der Waals surface area (Å²) < 4.78 is 26.9. The van der Waals surface area contributed by atoms with Gasteiger partial charge in [0.1, 0.15) is 11.2 Å². The Balaban J connectivity index is 1.85. The van der Waals surface area contributed by atoms with Crippen molar-refractivity contribution in [2.24, 2.45) is 0 Å². The van der Waals surface area contributed by atoms with Gasteiger partial charge < -0.3 is 5.32 Å². The summed E-state index contributed by atoms with van der Waals surface area (Å²) in [6, 6.07) is 8.24. The summed E-state index contributed by atoms with van der Waals surface area (Å²) >= 11 is 0. The summed E-state index contributed by atoms with van der Waals surface area (Å²) in [7, 11) is 0. The van der Waals surface area contributed by atoms with Crippen LogP contribution in [-0.2, 0) is 0 Å². The number of amides is 1. The maximum Gasteiger partial charge on any atom is 0.271 e. The van der Waals surface area contributed by atoms with Crippen molar-refractivity contribution in [1.29, 1.82) is 0 Å². The number of nitrogens with zero attached hydrogens (tertiary/aromatic N) is 1. The topological polar surface area (TPSA) is 66.9 Å². The van der Waals surface area contributed by atoms with E-state index in [0.717, 1.165) is 11.6 Å². The van der Waals surface area contributed by atoms with Gasteiger partial charge in [0.2, 0.25) is 0 Å². The molecule has 116 valence electrons. The van der Waals surface area contributed by atoms with Crippen LogP contribution >= 0.6 is 0 Å². The van der Waals surface area contributed by atoms with Gasteiger partial charge in [-0.15, -0.1) is 0 Å². The monoisotopic (exact) mass is 307 g/mol. The average Bonchev–Trinajstić information content (AvgIpc) is 3.15. The second kappa shape index (κ2) is 5.08. The summed E-state index contributed by atoms with van der Waals surface area (Å²) in [5, 5.41) is 4.97. The molecule has 0 radical (unpaired) electrons. The molecule has 1 amide bonds. The number of hydrogen-bond donors (Lipinski definition) is 2. The molecule has 0 bridgehead atoms. The van der Waals surface area contributed by atoms with Gasteiger partial charge in [0, 0.05) is 6.07 Å². The van der Waals surface area contributed by atoms with E-state index >= 15 is 0 Å². The Kier molecular flexibility index (Phi) is 3.35. The fraction of sp³-hybridized carbons (Fsp3) is 0.333. The van der Waals surface area contributed by atoms with E-state index in [1.54, 1.807) is 12.1 Å². The number of hydrogen-bond acceptors (Lipinski definition) is 2. The fourth-order valence-electron chi connectivity index (χ4n) is 2.22. The van der Waals surface area contributed by atoms with Crippen molar-refractivity contribution >= 4 is 5.91 Å². The number of aromatic nitrogens is 2. The molecule has 1 saturated carbocycles. The van der Waals surface area contributed by atoms with E-state index in [0.29, 0.717) is 5.69 Å². The van der Waals surface area contributed by atoms with Crippen molar-refractivity contribution in [3.63, 3.8) is 0 Å². The summed E-state index contributed by atoms with van der Waals surface area (Å²) in [5.74, 6) is -0.694. The van der Waals surface area contributed by atoms with Crippen molar-refractivity contribution in [3.8, 4) is 5.69 Å². The van der Waals surface area contributed by atoms with Crippen molar-refractivity contribution < 1.29 is 13.6 Å². The van der Waals surface area contributed by atoms with Crippen LogP contribution < -0.4 is 10.9 Å². The van der Waals surface area contributed by atoms with Gasteiger partial charge in [-0.05, 0) is 31.9 Å². The Hall–Kier alpha value is -2.44. The Morgan fingerprint density at radius 3 is 2.50 bits per heavy atom. The minimum absolute atomic E-state index is 0.0301. The van der Waals surface area contributed by atoms with E-state index in [2.05, 4.69) is 10.4 Å². The molecule has 0 atom stereocenters. The van der Waals surface area contributed by atoms with Gasteiger partial charge in [-0.3, -0.25) is 14.7 Å². The lowest BCUT2D eigenvalue weighted by atomic mass is 10.2. The fourth-order valence-corrected chi connectivity index (χ4v) is 2.22. The number of aromatic amines is 1. The van der Waals surface area contributed by atoms with Crippen molar-refractivity contribution in [3.05, 3.63) is 51.9 Å². The lowest BCUT2D eigenvalue weighted by molar-refractivity contribution is 0.0676. The summed E-state index contributed by atoms with van der Waals surface area (Å²) in [6.45, 7) is 1.92. The number of carbonyl (C=O) groups is 1. The predicted molar refractivity (Wildman–Crippen MR) is 76.6 cm³/mol. The maximum absolute atomic E-state index is 12.8. The number of carbonyl (C=O) groups excluding carboxylic acids is 1. The number of benzene rings is 1. The third-order valence-electron chi connectivity index (χ3n) is 3.83. The van der Waals surface area contributed by atoms with Crippen LogP contribution in [0.4, 0.5) is 8.78 Å². The Labute approximate surface area is 124 Å². The zero-order valence-corrected chi connectivity index (χ0v) is 11.9. The van der Waals surface area contributed by atoms with Crippen molar-refractivity contribution in [1.82, 2.24) is 15.1 Å². The van der Waals surface area contributed by atoms with E-state index in [4.69, 9.17) is 0 Å². The SMILES string of the molecule is Cc1ccc(-n2[nH]c(C(=O)NC3(C(F)F)CC3)cc2=O)cc1. The van der Waals surface area contributed by atoms with Crippen LogP contribution in [-0.4, -0.2) is 27.7 Å². The summed E-state index contributed by atoms with van der Waals surface area (Å²) in [6.07, 6.45) is -2.11. The van der Waals surface area contributed by atoms with Crippen LogP contribution in [0, 0.1) is 6.92 Å². The van der Waals surface area contributed by atoms with Crippen LogP contribution in [0.15, 0.2) is 35.1 Å². The molecule has 2 N–H and O–H groups in total. The molecule has 1 aromatic carbocycles. The second-order valence-electron chi connectivity index (χ2n) is 5.59. The van der Waals surface area contributed by atoms with Gasteiger partial charge in [-0.1, -0.05) is 17.7 Å². The number of alkyl halides is 2. The minimum Gasteiger partial charge on any atom is -0.340 e. The number of H-pyrrole nitrogens is 1. The van der Waals surface area contributed by atoms with Crippen LogP contribution in [0.5, 0.6) is 0 Å². The Morgan fingerprint density at radius 1 is 1.32 bits per heavy atom. The smallest absolute Gasteiger partial charge is 0.271 e. The molecule has 1 aromatic heterocycles. The zero-order valence-electron chi connectivity index (χ0n) is 11.9. The first-order chi connectivity index (χ1) is 10.4. The van der Waals surface area contributed by atoms with E-state index in [1.807, 2.05) is 19.1 Å². The minimum atomic E-state index is -2.61. The Morgan fingerprint density at radius 2 is 1.95 bits per heavy atom. The quantitative estimate of drug-likeness (QED) is 0.907. The van der Waals surface area contributed by atoms with Crippen molar-refractivity contribution in [2.75, 3.05) is 0 Å². The molecule has 1 aliphatic rings. The predicted octanol–water partition coefficient (Wildman–Crippen LogP) is 2.00. The molecule has 0 spiro atoms. The summed E-state index contributed by atoms with van der Waals surface area (Å²) in [5.41, 5.74) is -0.271. The van der Waals surface area contributed by atoms with E-state index in [9.17, 15) is 18.4 Å². The number of nitrogens with one attached hydrogen (secondary N) is 2. The van der Waals surface area contributed by atoms with Gasteiger partial charge in [-0.2, -0.15) is 0 Å². The van der Waals surface area contributed by atoms with Crippen molar-refractivity contribution in [2.45, 2.75) is 31.7 Å². The third-order valence-corrected chi connectivity index (χ3v) is 3.83. The van der Waals surface area contributed by atoms with Crippen LogP contribution in [0.1, 0.15) is 28.9 Å². The third kappa shape index (κ3) is 2.54. The molecule has 1 heterocycles. The molecule has 7 heteroatoms. The van der Waals surface area contributed by atoms with Gasteiger partial charge >= 0.3 is 0 Å². The molecule has 5 nitrogen and oxygen atoms in total. The van der Waals surface area contributed by atoms with E-state index < -0.39 is 23.4 Å². The molecule has 0 saturated heterocycles. The number of aryl methyl sites for hydroxylation is 1. The zero-order chi connectivity index (χ0) is 15.9. The van der Waals surface area contributed by atoms with Gasteiger partial charge in [0.15, 0.2) is 0 Å². The van der Waals surface area contributed by atoms with Gasteiger partial charge in [0.05, 0.1) is 5.69 Å². The molecule has 1 fully saturated rings. The highest BCUT2D eigenvalue weighted by atomic mass is 19.3. The normalized spacial score (nSPS) is 15.8. The molecular weight excluding hydrogens is 292 g/mol. The highest BCUT2D eigenvalue weighted by molar-refractivity contribution is 5.93. The second-order valence-corrected chi connectivity index (χ2v) is 5.59. The molecule has 2 aromatic rings. The average molecular weight is 307 g/mol. The molecule has 3 rings (SSSR count). The first-order valence-electron chi connectivity index (χ1n) is 6.91. The van der Waals surface area contributed by atoms with Crippen LogP contribution in [0.2, 0.25) is 0 Å². The molecule has 0 aliphatic heterocycles. The lowest BCUT2D eigenvalue weighted by Crippen LogP contribution is -2.42. The molecule has 1 aliphatic carbocycles. The van der Waals surface area contributed by atoms with Gasteiger partial charge in [0.25, 0.3) is 17.9 Å². The van der Waals surface area contributed by atoms with Crippen LogP contribution in [0.3, 0.4) is 0 Å². The van der Waals surface area contributed by atoms with E-state index in [-0.39, 0.29) is 18.5 Å². The van der Waals surface area contributed by atoms with Gasteiger partial charge in [-0.25, -0.2) is 13.5 Å². The van der Waals surface area contributed by atoms with Crippen LogP contribution in [0.25, 0.3) is 5.69 Å². The first-order valence-corrected chi connectivity index (χ1v) is 6.91.